The number of anilines is 1. The predicted molar refractivity (Wildman–Crippen MR) is 95.0 cm³/mol. The molecule has 1 N–H and O–H groups in total. The molecule has 0 bridgehead atoms. The predicted octanol–water partition coefficient (Wildman–Crippen LogP) is 3.19. The lowest BCUT2D eigenvalue weighted by molar-refractivity contribution is -0.116. The SMILES string of the molecule is CCCN(CC(=O)Nc1ccccc1C)C(=O)c1ccc(C)nc1. The Bertz CT molecular complexity index is 711. The van der Waals surface area contributed by atoms with E-state index in [0.717, 1.165) is 23.4 Å². The van der Waals surface area contributed by atoms with Crippen molar-refractivity contribution in [3.8, 4) is 0 Å². The number of nitrogens with one attached hydrogen (secondary N) is 1. The first-order valence-corrected chi connectivity index (χ1v) is 8.08. The number of carbonyl (C=O) groups is 2. The van der Waals surface area contributed by atoms with E-state index in [1.54, 1.807) is 23.2 Å². The van der Waals surface area contributed by atoms with Gasteiger partial charge in [0, 0.05) is 24.1 Å². The Morgan fingerprint density at radius 2 is 1.88 bits per heavy atom. The summed E-state index contributed by atoms with van der Waals surface area (Å²) in [5.74, 6) is -0.379. The summed E-state index contributed by atoms with van der Waals surface area (Å²) in [5, 5.41) is 2.87. The van der Waals surface area contributed by atoms with Crippen LogP contribution in [0, 0.1) is 13.8 Å². The minimum absolute atomic E-state index is 0.0227. The van der Waals surface area contributed by atoms with Crippen LogP contribution in [-0.2, 0) is 4.79 Å². The molecule has 5 heteroatoms. The number of pyridine rings is 1. The fourth-order valence-corrected chi connectivity index (χ4v) is 2.38. The maximum atomic E-state index is 12.6. The van der Waals surface area contributed by atoms with Gasteiger partial charge in [-0.2, -0.15) is 0 Å². The third-order valence-corrected chi connectivity index (χ3v) is 3.69. The Hall–Kier alpha value is -2.69. The van der Waals surface area contributed by atoms with Crippen LogP contribution in [0.5, 0.6) is 0 Å². The van der Waals surface area contributed by atoms with Gasteiger partial charge >= 0.3 is 0 Å². The van der Waals surface area contributed by atoms with E-state index < -0.39 is 0 Å². The first-order valence-electron chi connectivity index (χ1n) is 8.08. The van der Waals surface area contributed by atoms with Crippen molar-refractivity contribution >= 4 is 17.5 Å². The van der Waals surface area contributed by atoms with Gasteiger partial charge in [-0.1, -0.05) is 25.1 Å². The molecule has 0 unspecified atom stereocenters. The molecule has 0 aliphatic heterocycles. The molecule has 2 rings (SSSR count). The van der Waals surface area contributed by atoms with Crippen LogP contribution >= 0.6 is 0 Å². The fourth-order valence-electron chi connectivity index (χ4n) is 2.38. The topological polar surface area (TPSA) is 62.3 Å². The second-order valence-corrected chi connectivity index (χ2v) is 5.78. The second kappa shape index (κ2) is 8.24. The molecule has 0 radical (unpaired) electrons. The van der Waals surface area contributed by atoms with Crippen molar-refractivity contribution in [3.63, 3.8) is 0 Å². The molecule has 1 heterocycles. The molecule has 126 valence electrons. The van der Waals surface area contributed by atoms with Crippen molar-refractivity contribution in [3.05, 3.63) is 59.4 Å². The highest BCUT2D eigenvalue weighted by atomic mass is 16.2. The molecule has 0 aliphatic rings. The van der Waals surface area contributed by atoms with Crippen molar-refractivity contribution in [2.75, 3.05) is 18.4 Å². The third-order valence-electron chi connectivity index (χ3n) is 3.69. The maximum Gasteiger partial charge on any atom is 0.255 e. The zero-order chi connectivity index (χ0) is 17.5. The Labute approximate surface area is 142 Å². The molecule has 0 atom stereocenters. The summed E-state index contributed by atoms with van der Waals surface area (Å²) in [6, 6.07) is 11.1. The number of aryl methyl sites for hydroxylation is 2. The zero-order valence-corrected chi connectivity index (χ0v) is 14.4. The van der Waals surface area contributed by atoms with Crippen LogP contribution in [0.3, 0.4) is 0 Å². The molecular weight excluding hydrogens is 302 g/mol. The first-order chi connectivity index (χ1) is 11.5. The van der Waals surface area contributed by atoms with Crippen molar-refractivity contribution in [2.24, 2.45) is 0 Å². The molecule has 0 spiro atoms. The highest BCUT2D eigenvalue weighted by molar-refractivity contribution is 5.99. The van der Waals surface area contributed by atoms with Gasteiger partial charge in [-0.25, -0.2) is 0 Å². The van der Waals surface area contributed by atoms with Gasteiger partial charge in [0.1, 0.15) is 6.54 Å². The lowest BCUT2D eigenvalue weighted by Crippen LogP contribution is -2.38. The lowest BCUT2D eigenvalue weighted by atomic mass is 10.2. The summed E-state index contributed by atoms with van der Waals surface area (Å²) < 4.78 is 0. The monoisotopic (exact) mass is 325 g/mol. The van der Waals surface area contributed by atoms with E-state index in [4.69, 9.17) is 0 Å². The van der Waals surface area contributed by atoms with Gasteiger partial charge in [-0.15, -0.1) is 0 Å². The van der Waals surface area contributed by atoms with Gasteiger partial charge in [0.2, 0.25) is 5.91 Å². The molecule has 2 amide bonds. The Balaban J connectivity index is 2.07. The minimum atomic E-state index is -0.203. The van der Waals surface area contributed by atoms with Crippen LogP contribution in [0.25, 0.3) is 0 Å². The molecule has 0 saturated carbocycles. The van der Waals surface area contributed by atoms with Crippen LogP contribution in [0.4, 0.5) is 5.69 Å². The highest BCUT2D eigenvalue weighted by Gasteiger charge is 2.18. The summed E-state index contributed by atoms with van der Waals surface area (Å²) in [5.41, 5.74) is 3.11. The first kappa shape index (κ1) is 17.7. The second-order valence-electron chi connectivity index (χ2n) is 5.78. The Morgan fingerprint density at radius 1 is 1.12 bits per heavy atom. The number of nitrogens with zero attached hydrogens (tertiary/aromatic N) is 2. The van der Waals surface area contributed by atoms with Gasteiger partial charge in [0.15, 0.2) is 0 Å². The number of rotatable bonds is 6. The summed E-state index contributed by atoms with van der Waals surface area (Å²) in [6.07, 6.45) is 2.34. The molecule has 2 aromatic rings. The summed E-state index contributed by atoms with van der Waals surface area (Å²) >= 11 is 0. The molecule has 24 heavy (non-hydrogen) atoms. The van der Waals surface area contributed by atoms with Crippen molar-refractivity contribution in [1.29, 1.82) is 0 Å². The lowest BCUT2D eigenvalue weighted by Gasteiger charge is -2.22. The number of aromatic nitrogens is 1. The number of hydrogen-bond donors (Lipinski definition) is 1. The summed E-state index contributed by atoms with van der Waals surface area (Å²) in [6.45, 7) is 6.33. The average Bonchev–Trinajstić information content (AvgIpc) is 2.56. The van der Waals surface area contributed by atoms with Gasteiger partial charge in [0.05, 0.1) is 5.56 Å². The molecule has 0 fully saturated rings. The third kappa shape index (κ3) is 4.65. The van der Waals surface area contributed by atoms with E-state index in [1.807, 2.05) is 45.0 Å². The Kier molecular flexibility index (Phi) is 6.07. The molecule has 0 aliphatic carbocycles. The average molecular weight is 325 g/mol. The molecule has 5 nitrogen and oxygen atoms in total. The van der Waals surface area contributed by atoms with Gasteiger partial charge in [-0.05, 0) is 44.0 Å². The van der Waals surface area contributed by atoms with Crippen molar-refractivity contribution < 1.29 is 9.59 Å². The van der Waals surface area contributed by atoms with Crippen LogP contribution in [0.2, 0.25) is 0 Å². The Morgan fingerprint density at radius 3 is 2.50 bits per heavy atom. The number of benzene rings is 1. The summed E-state index contributed by atoms with van der Waals surface area (Å²) in [7, 11) is 0. The van der Waals surface area contributed by atoms with Crippen LogP contribution in [0.1, 0.15) is 35.0 Å². The maximum absolute atomic E-state index is 12.6. The molecule has 1 aromatic carbocycles. The summed E-state index contributed by atoms with van der Waals surface area (Å²) in [4.78, 5) is 30.6. The van der Waals surface area contributed by atoms with Gasteiger partial charge in [-0.3, -0.25) is 14.6 Å². The van der Waals surface area contributed by atoms with E-state index in [1.165, 1.54) is 0 Å². The largest absolute Gasteiger partial charge is 0.329 e. The minimum Gasteiger partial charge on any atom is -0.329 e. The van der Waals surface area contributed by atoms with E-state index in [0.29, 0.717) is 12.1 Å². The van der Waals surface area contributed by atoms with Crippen molar-refractivity contribution in [1.82, 2.24) is 9.88 Å². The molecular formula is C19H23N3O2. The number of amides is 2. The molecule has 0 saturated heterocycles. The van der Waals surface area contributed by atoms with E-state index >= 15 is 0 Å². The number of para-hydroxylation sites is 1. The van der Waals surface area contributed by atoms with Gasteiger partial charge in [0.25, 0.3) is 5.91 Å². The van der Waals surface area contributed by atoms with E-state index in [2.05, 4.69) is 10.3 Å². The van der Waals surface area contributed by atoms with E-state index in [9.17, 15) is 9.59 Å². The fraction of sp³-hybridized carbons (Fsp3) is 0.316. The van der Waals surface area contributed by atoms with Crippen LogP contribution in [-0.4, -0.2) is 34.8 Å². The van der Waals surface area contributed by atoms with Crippen LogP contribution in [0.15, 0.2) is 42.6 Å². The quantitative estimate of drug-likeness (QED) is 0.887. The number of carbonyl (C=O) groups excluding carboxylic acids is 2. The molecule has 1 aromatic heterocycles. The highest BCUT2D eigenvalue weighted by Crippen LogP contribution is 2.13. The van der Waals surface area contributed by atoms with E-state index in [-0.39, 0.29) is 18.4 Å². The number of hydrogen-bond acceptors (Lipinski definition) is 3. The van der Waals surface area contributed by atoms with Gasteiger partial charge < -0.3 is 10.2 Å². The van der Waals surface area contributed by atoms with Crippen molar-refractivity contribution in [2.45, 2.75) is 27.2 Å². The normalized spacial score (nSPS) is 10.3. The zero-order valence-electron chi connectivity index (χ0n) is 14.4. The smallest absolute Gasteiger partial charge is 0.255 e. The standard InChI is InChI=1S/C19H23N3O2/c1-4-11-22(19(24)16-10-9-15(3)20-12-16)13-18(23)21-17-8-6-5-7-14(17)2/h5-10,12H,4,11,13H2,1-3H3,(H,21,23). The van der Waals surface area contributed by atoms with Crippen LogP contribution < -0.4 is 5.32 Å².